The first-order valence-electron chi connectivity index (χ1n) is 8.22. The highest BCUT2D eigenvalue weighted by molar-refractivity contribution is 5.78. The topological polar surface area (TPSA) is 70.6 Å². The Morgan fingerprint density at radius 3 is 2.87 bits per heavy atom. The molecule has 6 nitrogen and oxygen atoms in total. The highest BCUT2D eigenvalue weighted by Gasteiger charge is 2.18. The van der Waals surface area contributed by atoms with Gasteiger partial charge in [0.15, 0.2) is 0 Å². The highest BCUT2D eigenvalue weighted by atomic mass is 15.2. The molecule has 0 bridgehead atoms. The number of aryl methyl sites for hydroxylation is 1. The lowest BCUT2D eigenvalue weighted by atomic mass is 10.1. The summed E-state index contributed by atoms with van der Waals surface area (Å²) < 4.78 is 2.24. The number of aromatic nitrogens is 4. The van der Waals surface area contributed by atoms with E-state index in [1.165, 1.54) is 0 Å². The van der Waals surface area contributed by atoms with Gasteiger partial charge in [-0.1, -0.05) is 12.1 Å². The summed E-state index contributed by atoms with van der Waals surface area (Å²) in [4.78, 5) is 12.4. The fourth-order valence-electron chi connectivity index (χ4n) is 3.19. The number of hydrogen-bond acceptors (Lipinski definition) is 4. The zero-order valence-electron chi connectivity index (χ0n) is 13.3. The van der Waals surface area contributed by atoms with Gasteiger partial charge < -0.3 is 20.2 Å². The molecule has 0 amide bonds. The van der Waals surface area contributed by atoms with E-state index < -0.39 is 0 Å². The van der Waals surface area contributed by atoms with Crippen LogP contribution in [-0.4, -0.2) is 38.7 Å². The molecule has 3 heterocycles. The summed E-state index contributed by atoms with van der Waals surface area (Å²) in [6.07, 6.45) is 4.01. The fraction of sp³-hybridized carbons (Fsp3) is 0.412. The number of hydrogen-bond donors (Lipinski definition) is 3. The van der Waals surface area contributed by atoms with E-state index >= 15 is 0 Å². The molecule has 1 aliphatic heterocycles. The van der Waals surface area contributed by atoms with E-state index in [9.17, 15) is 0 Å². The quantitative estimate of drug-likeness (QED) is 0.691. The molecule has 0 radical (unpaired) electrons. The van der Waals surface area contributed by atoms with Gasteiger partial charge >= 0.3 is 0 Å². The minimum Gasteiger partial charge on any atom is -0.353 e. The van der Waals surface area contributed by atoms with Crippen molar-refractivity contribution in [2.45, 2.75) is 32.4 Å². The normalized spacial score (nSPS) is 16.0. The Bertz CT molecular complexity index is 796. The summed E-state index contributed by atoms with van der Waals surface area (Å²) in [5.74, 6) is 0.945. The van der Waals surface area contributed by atoms with Gasteiger partial charge in [-0.3, -0.25) is 0 Å². The molecule has 0 unspecified atom stereocenters. The van der Waals surface area contributed by atoms with Crippen molar-refractivity contribution in [3.8, 4) is 0 Å². The molecule has 1 aliphatic rings. The Hall–Kier alpha value is -2.34. The Morgan fingerprint density at radius 2 is 2.09 bits per heavy atom. The van der Waals surface area contributed by atoms with Crippen LogP contribution in [-0.2, 0) is 6.54 Å². The zero-order chi connectivity index (χ0) is 15.6. The largest absolute Gasteiger partial charge is 0.353 e. The minimum atomic E-state index is 0.479. The molecule has 1 aromatic carbocycles. The molecule has 0 atom stereocenters. The standard InChI is InChI=1S/C17H22N6/c1-12-15(20-11-19-12)10-23-16-5-3-2-4-14(16)22-17(23)21-13-6-8-18-9-7-13/h2-5,11,13,18H,6-10H2,1H3,(H,19,20)(H,21,22). The van der Waals surface area contributed by atoms with Crippen molar-refractivity contribution >= 4 is 17.0 Å². The number of benzene rings is 1. The van der Waals surface area contributed by atoms with Crippen molar-refractivity contribution < 1.29 is 0 Å². The number of rotatable bonds is 4. The number of nitrogens with one attached hydrogen (secondary N) is 3. The smallest absolute Gasteiger partial charge is 0.204 e. The first-order chi connectivity index (χ1) is 11.3. The second-order valence-electron chi connectivity index (χ2n) is 6.15. The van der Waals surface area contributed by atoms with Crippen LogP contribution in [0.5, 0.6) is 0 Å². The number of piperidine rings is 1. The molecule has 0 saturated carbocycles. The number of fused-ring (bicyclic) bond motifs is 1. The maximum atomic E-state index is 4.81. The summed E-state index contributed by atoms with van der Waals surface area (Å²) >= 11 is 0. The first-order valence-corrected chi connectivity index (χ1v) is 8.22. The third-order valence-corrected chi connectivity index (χ3v) is 4.57. The number of para-hydroxylation sites is 2. The molecular formula is C17H22N6. The summed E-state index contributed by atoms with van der Waals surface area (Å²) in [6, 6.07) is 8.77. The van der Waals surface area contributed by atoms with Crippen LogP contribution in [0, 0.1) is 6.92 Å². The second kappa shape index (κ2) is 6.04. The highest BCUT2D eigenvalue weighted by Crippen LogP contribution is 2.23. The van der Waals surface area contributed by atoms with Crippen molar-refractivity contribution in [1.82, 2.24) is 24.8 Å². The molecular weight excluding hydrogens is 288 g/mol. The number of H-pyrrole nitrogens is 1. The molecule has 0 aliphatic carbocycles. The van der Waals surface area contributed by atoms with E-state index in [0.717, 1.165) is 60.8 Å². The monoisotopic (exact) mass is 310 g/mol. The molecule has 23 heavy (non-hydrogen) atoms. The van der Waals surface area contributed by atoms with E-state index in [-0.39, 0.29) is 0 Å². The molecule has 2 aromatic heterocycles. The van der Waals surface area contributed by atoms with Gasteiger partial charge in [0.05, 0.1) is 29.6 Å². The third-order valence-electron chi connectivity index (χ3n) is 4.57. The van der Waals surface area contributed by atoms with Crippen LogP contribution in [0.15, 0.2) is 30.6 Å². The summed E-state index contributed by atoms with van der Waals surface area (Å²) in [6.45, 7) is 4.91. The summed E-state index contributed by atoms with van der Waals surface area (Å²) in [5.41, 5.74) is 4.33. The lowest BCUT2D eigenvalue weighted by Gasteiger charge is -2.24. The summed E-state index contributed by atoms with van der Waals surface area (Å²) in [7, 11) is 0. The number of nitrogens with zero attached hydrogens (tertiary/aromatic N) is 3. The number of anilines is 1. The molecule has 4 rings (SSSR count). The Balaban J connectivity index is 1.70. The van der Waals surface area contributed by atoms with Crippen LogP contribution in [0.3, 0.4) is 0 Å². The molecule has 1 saturated heterocycles. The van der Waals surface area contributed by atoms with Gasteiger partial charge in [-0.15, -0.1) is 0 Å². The lowest BCUT2D eigenvalue weighted by Crippen LogP contribution is -2.36. The van der Waals surface area contributed by atoms with Crippen LogP contribution in [0.25, 0.3) is 11.0 Å². The molecule has 6 heteroatoms. The van der Waals surface area contributed by atoms with Crippen LogP contribution >= 0.6 is 0 Å². The van der Waals surface area contributed by atoms with Gasteiger partial charge in [0.25, 0.3) is 0 Å². The van der Waals surface area contributed by atoms with Crippen LogP contribution in [0.1, 0.15) is 24.2 Å². The number of imidazole rings is 2. The molecule has 120 valence electrons. The van der Waals surface area contributed by atoms with Gasteiger partial charge in [-0.05, 0) is 45.0 Å². The van der Waals surface area contributed by atoms with Crippen molar-refractivity contribution in [3.05, 3.63) is 42.0 Å². The van der Waals surface area contributed by atoms with Gasteiger partial charge in [0.1, 0.15) is 0 Å². The van der Waals surface area contributed by atoms with Crippen molar-refractivity contribution in [2.24, 2.45) is 0 Å². The predicted octanol–water partition coefficient (Wildman–Crippen LogP) is 2.28. The molecule has 0 spiro atoms. The van der Waals surface area contributed by atoms with E-state index in [1.54, 1.807) is 6.33 Å². The van der Waals surface area contributed by atoms with Crippen molar-refractivity contribution in [1.29, 1.82) is 0 Å². The summed E-state index contributed by atoms with van der Waals surface area (Å²) in [5, 5.41) is 7.05. The van der Waals surface area contributed by atoms with E-state index in [4.69, 9.17) is 4.98 Å². The van der Waals surface area contributed by atoms with E-state index in [2.05, 4.69) is 50.3 Å². The zero-order valence-corrected chi connectivity index (χ0v) is 13.3. The Labute approximate surface area is 135 Å². The van der Waals surface area contributed by atoms with Gasteiger partial charge in [0.2, 0.25) is 5.95 Å². The lowest BCUT2D eigenvalue weighted by molar-refractivity contribution is 0.476. The van der Waals surface area contributed by atoms with Gasteiger partial charge in [-0.25, -0.2) is 9.97 Å². The second-order valence-corrected chi connectivity index (χ2v) is 6.15. The molecule has 1 fully saturated rings. The maximum absolute atomic E-state index is 4.81. The SMILES string of the molecule is Cc1[nH]cnc1Cn1c(NC2CCNCC2)nc2ccccc21. The minimum absolute atomic E-state index is 0.479. The average Bonchev–Trinajstić information content (AvgIpc) is 3.13. The van der Waals surface area contributed by atoms with Crippen LogP contribution in [0.4, 0.5) is 5.95 Å². The Kier molecular flexibility index (Phi) is 3.75. The third kappa shape index (κ3) is 2.82. The van der Waals surface area contributed by atoms with Crippen LogP contribution < -0.4 is 10.6 Å². The van der Waals surface area contributed by atoms with Gasteiger partial charge in [0, 0.05) is 11.7 Å². The van der Waals surface area contributed by atoms with E-state index in [0.29, 0.717) is 6.04 Å². The predicted molar refractivity (Wildman–Crippen MR) is 91.7 cm³/mol. The fourth-order valence-corrected chi connectivity index (χ4v) is 3.19. The molecule has 3 N–H and O–H groups in total. The van der Waals surface area contributed by atoms with E-state index in [1.807, 2.05) is 6.07 Å². The first kappa shape index (κ1) is 14.3. The average molecular weight is 310 g/mol. The maximum Gasteiger partial charge on any atom is 0.204 e. The van der Waals surface area contributed by atoms with Gasteiger partial charge in [-0.2, -0.15) is 0 Å². The molecule has 3 aromatic rings. The number of aromatic amines is 1. The van der Waals surface area contributed by atoms with Crippen molar-refractivity contribution in [3.63, 3.8) is 0 Å². The van der Waals surface area contributed by atoms with Crippen molar-refractivity contribution in [2.75, 3.05) is 18.4 Å². The van der Waals surface area contributed by atoms with Crippen LogP contribution in [0.2, 0.25) is 0 Å². The Morgan fingerprint density at radius 1 is 1.26 bits per heavy atom.